The first-order chi connectivity index (χ1) is 15.0. The summed E-state index contributed by atoms with van der Waals surface area (Å²) in [6.07, 6.45) is 7.64. The Hall–Kier alpha value is -2.86. The van der Waals surface area contributed by atoms with Crippen LogP contribution in [0.4, 0.5) is 0 Å². The van der Waals surface area contributed by atoms with Crippen LogP contribution in [0.2, 0.25) is 0 Å². The van der Waals surface area contributed by atoms with Crippen LogP contribution in [0.1, 0.15) is 53.0 Å². The molecule has 160 valence electrons. The maximum absolute atomic E-state index is 13.2. The summed E-state index contributed by atoms with van der Waals surface area (Å²) in [6, 6.07) is 13.8. The summed E-state index contributed by atoms with van der Waals surface area (Å²) >= 11 is 0. The molecule has 1 fully saturated rings. The molecule has 1 N–H and O–H groups in total. The second kappa shape index (κ2) is 9.52. The predicted molar refractivity (Wildman–Crippen MR) is 123 cm³/mol. The van der Waals surface area contributed by atoms with Gasteiger partial charge in [-0.05, 0) is 56.0 Å². The van der Waals surface area contributed by atoms with Crippen molar-refractivity contribution in [3.05, 3.63) is 77.4 Å². The fraction of sp³-hybridized carbons (Fsp3) is 0.320. The average Bonchev–Trinajstić information content (AvgIpc) is 3.33. The number of aryl methyl sites for hydroxylation is 2. The van der Waals surface area contributed by atoms with Gasteiger partial charge >= 0.3 is 0 Å². The van der Waals surface area contributed by atoms with Crippen LogP contribution in [0, 0.1) is 13.8 Å². The fourth-order valence-electron chi connectivity index (χ4n) is 3.85. The molecule has 31 heavy (non-hydrogen) atoms. The van der Waals surface area contributed by atoms with Gasteiger partial charge in [-0.15, -0.1) is 0 Å². The van der Waals surface area contributed by atoms with Crippen molar-refractivity contribution in [3.8, 4) is 11.1 Å². The highest BCUT2D eigenvalue weighted by Crippen LogP contribution is 2.30. The Balaban J connectivity index is 1.63. The summed E-state index contributed by atoms with van der Waals surface area (Å²) in [5.41, 5.74) is 4.45. The van der Waals surface area contributed by atoms with Gasteiger partial charge in [0.2, 0.25) is 0 Å². The average molecular weight is 434 g/mol. The number of benzene rings is 2. The quantitative estimate of drug-likeness (QED) is 0.609. The molecular weight excluding hydrogens is 406 g/mol. The first-order valence-corrected chi connectivity index (χ1v) is 11.9. The lowest BCUT2D eigenvalue weighted by molar-refractivity contribution is 0.0950. The van der Waals surface area contributed by atoms with Crippen molar-refractivity contribution >= 4 is 16.7 Å². The number of hydrogen-bond donors (Lipinski definition) is 1. The van der Waals surface area contributed by atoms with Gasteiger partial charge in [-0.1, -0.05) is 42.7 Å². The van der Waals surface area contributed by atoms with Crippen LogP contribution in [-0.2, 0) is 17.3 Å². The Morgan fingerprint density at radius 1 is 1.00 bits per heavy atom. The summed E-state index contributed by atoms with van der Waals surface area (Å²) < 4.78 is 13.2. The Labute approximate surface area is 185 Å². The van der Waals surface area contributed by atoms with Crippen molar-refractivity contribution in [1.82, 2.24) is 15.3 Å². The highest BCUT2D eigenvalue weighted by atomic mass is 32.2. The van der Waals surface area contributed by atoms with Gasteiger partial charge in [0, 0.05) is 40.2 Å². The van der Waals surface area contributed by atoms with Gasteiger partial charge in [-0.25, -0.2) is 9.97 Å². The van der Waals surface area contributed by atoms with Crippen LogP contribution < -0.4 is 5.32 Å². The molecule has 0 saturated heterocycles. The number of nitrogens with zero attached hydrogens (tertiary/aromatic N) is 2. The molecule has 0 bridgehead atoms. The van der Waals surface area contributed by atoms with E-state index in [0.717, 1.165) is 47.3 Å². The summed E-state index contributed by atoms with van der Waals surface area (Å²) in [7, 11) is -1.12. The van der Waals surface area contributed by atoms with E-state index >= 15 is 0 Å². The topological polar surface area (TPSA) is 72.0 Å². The maximum atomic E-state index is 13.2. The van der Waals surface area contributed by atoms with E-state index in [1.807, 2.05) is 50.2 Å². The molecule has 0 radical (unpaired) electrons. The van der Waals surface area contributed by atoms with E-state index in [-0.39, 0.29) is 11.2 Å². The highest BCUT2D eigenvalue weighted by Gasteiger charge is 2.24. The number of rotatable bonds is 6. The number of amides is 1. The first-order valence-electron chi connectivity index (χ1n) is 10.7. The van der Waals surface area contributed by atoms with E-state index in [0.29, 0.717) is 17.9 Å². The van der Waals surface area contributed by atoms with Gasteiger partial charge in [0.05, 0.1) is 10.8 Å². The van der Waals surface area contributed by atoms with E-state index in [4.69, 9.17) is 0 Å². The number of hydrogen-bond acceptors (Lipinski definition) is 4. The minimum absolute atomic E-state index is 0.175. The maximum Gasteiger partial charge on any atom is 0.251 e. The third kappa shape index (κ3) is 5.25. The number of carbonyl (C=O) groups is 1. The van der Waals surface area contributed by atoms with Crippen molar-refractivity contribution in [2.45, 2.75) is 56.2 Å². The van der Waals surface area contributed by atoms with Gasteiger partial charge in [-0.3, -0.25) is 9.00 Å². The summed E-state index contributed by atoms with van der Waals surface area (Å²) in [6.45, 7) is 4.21. The Morgan fingerprint density at radius 2 is 1.68 bits per heavy atom. The monoisotopic (exact) mass is 433 g/mol. The molecule has 4 rings (SSSR count). The molecule has 1 amide bonds. The van der Waals surface area contributed by atoms with Crippen molar-refractivity contribution < 1.29 is 9.00 Å². The molecule has 1 saturated carbocycles. The highest BCUT2D eigenvalue weighted by molar-refractivity contribution is 7.85. The molecule has 3 aromatic rings. The van der Waals surface area contributed by atoms with E-state index in [9.17, 15) is 9.00 Å². The number of carbonyl (C=O) groups excluding carboxylic acids is 1. The number of aromatic nitrogens is 2. The molecule has 1 atom stereocenters. The standard InChI is InChI=1S/C25H27N3O2S/c1-17-7-9-20(10-8-17)21-11-22(13-24(12-21)31(30)23-5-3-4-6-23)25(29)28-16-19-14-26-18(2)27-15-19/h7-15,23H,3-6,16H2,1-2H3,(H,28,29). The molecule has 1 heterocycles. The largest absolute Gasteiger partial charge is 0.348 e. The lowest BCUT2D eigenvalue weighted by Crippen LogP contribution is -2.23. The Bertz CT molecular complexity index is 1090. The summed E-state index contributed by atoms with van der Waals surface area (Å²) in [5.74, 6) is 0.499. The first kappa shape index (κ1) is 21.4. The Morgan fingerprint density at radius 3 is 2.35 bits per heavy atom. The fourth-order valence-corrected chi connectivity index (χ4v) is 5.48. The van der Waals surface area contributed by atoms with E-state index in [2.05, 4.69) is 15.3 Å². The molecular formula is C25H27N3O2S. The van der Waals surface area contributed by atoms with Crippen molar-refractivity contribution in [1.29, 1.82) is 0 Å². The zero-order chi connectivity index (χ0) is 21.8. The van der Waals surface area contributed by atoms with Crippen molar-refractivity contribution in [2.75, 3.05) is 0 Å². The SMILES string of the molecule is Cc1ccc(-c2cc(C(=O)NCc3cnc(C)nc3)cc(S(=O)C3CCCC3)c2)cc1. The van der Waals surface area contributed by atoms with Crippen LogP contribution in [0.3, 0.4) is 0 Å². The van der Waals surface area contributed by atoms with Crippen LogP contribution in [-0.4, -0.2) is 25.3 Å². The van der Waals surface area contributed by atoms with Crippen molar-refractivity contribution in [3.63, 3.8) is 0 Å². The molecule has 0 aliphatic heterocycles. The second-order valence-electron chi connectivity index (χ2n) is 8.14. The minimum atomic E-state index is -1.12. The van der Waals surface area contributed by atoms with E-state index in [1.54, 1.807) is 18.5 Å². The lowest BCUT2D eigenvalue weighted by Gasteiger charge is -2.14. The zero-order valence-electron chi connectivity index (χ0n) is 17.9. The van der Waals surface area contributed by atoms with Crippen LogP contribution in [0.15, 0.2) is 59.8 Å². The minimum Gasteiger partial charge on any atom is -0.348 e. The molecule has 5 nitrogen and oxygen atoms in total. The van der Waals surface area contributed by atoms with Gasteiger partial charge in [0.25, 0.3) is 5.91 Å². The Kier molecular flexibility index (Phi) is 6.56. The summed E-state index contributed by atoms with van der Waals surface area (Å²) in [5, 5.41) is 3.12. The third-order valence-corrected chi connectivity index (χ3v) is 7.46. The van der Waals surface area contributed by atoms with Crippen LogP contribution in [0.25, 0.3) is 11.1 Å². The van der Waals surface area contributed by atoms with Crippen LogP contribution in [0.5, 0.6) is 0 Å². The zero-order valence-corrected chi connectivity index (χ0v) is 18.7. The molecule has 2 aromatic carbocycles. The molecule has 0 spiro atoms. The van der Waals surface area contributed by atoms with Crippen LogP contribution >= 0.6 is 0 Å². The second-order valence-corrected chi connectivity index (χ2v) is 9.87. The molecule has 1 aromatic heterocycles. The smallest absolute Gasteiger partial charge is 0.251 e. The van der Waals surface area contributed by atoms with Gasteiger partial charge in [0.1, 0.15) is 5.82 Å². The molecule has 1 aliphatic rings. The number of nitrogens with one attached hydrogen (secondary N) is 1. The van der Waals surface area contributed by atoms with Crippen molar-refractivity contribution in [2.24, 2.45) is 0 Å². The van der Waals surface area contributed by atoms with Gasteiger partial charge in [0.15, 0.2) is 0 Å². The van der Waals surface area contributed by atoms with Gasteiger partial charge < -0.3 is 5.32 Å². The molecule has 6 heteroatoms. The summed E-state index contributed by atoms with van der Waals surface area (Å²) in [4.78, 5) is 22.0. The lowest BCUT2D eigenvalue weighted by atomic mass is 10.0. The predicted octanol–water partition coefficient (Wildman–Crippen LogP) is 4.74. The third-order valence-electron chi connectivity index (χ3n) is 5.68. The normalized spacial score (nSPS) is 15.0. The molecule has 1 aliphatic carbocycles. The van der Waals surface area contributed by atoms with E-state index < -0.39 is 10.8 Å². The van der Waals surface area contributed by atoms with Gasteiger partial charge in [-0.2, -0.15) is 0 Å². The molecule has 1 unspecified atom stereocenters. The van der Waals surface area contributed by atoms with E-state index in [1.165, 1.54) is 5.56 Å².